The molecule has 0 aliphatic carbocycles. The highest BCUT2D eigenvalue weighted by atomic mass is 16.5. The summed E-state index contributed by atoms with van der Waals surface area (Å²) in [4.78, 5) is 20.7. The number of aromatic amines is 1. The van der Waals surface area contributed by atoms with Gasteiger partial charge in [-0.05, 0) is 36.1 Å². The second kappa shape index (κ2) is 6.32. The molecular formula is C20H20N2O2. The summed E-state index contributed by atoms with van der Waals surface area (Å²) >= 11 is 0. The number of hydrogen-bond acceptors (Lipinski definition) is 3. The Morgan fingerprint density at radius 3 is 1.96 bits per heavy atom. The van der Waals surface area contributed by atoms with E-state index in [1.807, 2.05) is 62.4 Å². The maximum atomic E-state index is 13.2. The first-order chi connectivity index (χ1) is 11.6. The molecule has 0 aliphatic heterocycles. The molecule has 3 aromatic rings. The van der Waals surface area contributed by atoms with Gasteiger partial charge in [-0.15, -0.1) is 0 Å². The van der Waals surface area contributed by atoms with Crippen LogP contribution in [0.4, 0.5) is 0 Å². The van der Waals surface area contributed by atoms with Crippen molar-refractivity contribution in [2.75, 3.05) is 7.11 Å². The minimum absolute atomic E-state index is 0.360. The molecule has 1 heterocycles. The molecule has 1 N–H and O–H groups in total. The van der Waals surface area contributed by atoms with Crippen molar-refractivity contribution in [1.29, 1.82) is 0 Å². The first kappa shape index (κ1) is 16.0. The molecular weight excluding hydrogens is 300 g/mol. The summed E-state index contributed by atoms with van der Waals surface area (Å²) in [5, 5.41) is 0. The Kier molecular flexibility index (Phi) is 4.21. The first-order valence-corrected chi connectivity index (χ1v) is 7.83. The van der Waals surface area contributed by atoms with Gasteiger partial charge in [0.2, 0.25) is 0 Å². The van der Waals surface area contributed by atoms with Crippen molar-refractivity contribution in [1.82, 2.24) is 9.97 Å². The van der Waals surface area contributed by atoms with E-state index in [1.54, 1.807) is 12.4 Å². The lowest BCUT2D eigenvalue weighted by Gasteiger charge is -2.32. The molecule has 0 aliphatic rings. The molecule has 0 atom stereocenters. The van der Waals surface area contributed by atoms with Gasteiger partial charge in [0.05, 0.1) is 7.11 Å². The average Bonchev–Trinajstić information content (AvgIpc) is 3.13. The molecule has 0 unspecified atom stereocenters. The van der Waals surface area contributed by atoms with Gasteiger partial charge in [-0.3, -0.25) is 4.79 Å². The van der Waals surface area contributed by atoms with Gasteiger partial charge in [-0.2, -0.15) is 0 Å². The molecule has 3 rings (SSSR count). The normalized spacial score (nSPS) is 11.3. The van der Waals surface area contributed by atoms with Crippen LogP contribution in [0.2, 0.25) is 0 Å². The Bertz CT molecular complexity index is 808. The molecule has 24 heavy (non-hydrogen) atoms. The molecule has 0 spiro atoms. The molecule has 2 aromatic carbocycles. The molecule has 4 heteroatoms. The number of aryl methyl sites for hydroxylation is 2. The highest BCUT2D eigenvalue weighted by molar-refractivity contribution is 5.92. The zero-order valence-electron chi connectivity index (χ0n) is 14.0. The van der Waals surface area contributed by atoms with Crippen LogP contribution >= 0.6 is 0 Å². The number of imidazole rings is 1. The number of nitrogens with zero attached hydrogens (tertiary/aromatic N) is 1. The Morgan fingerprint density at radius 2 is 1.54 bits per heavy atom. The third kappa shape index (κ3) is 2.31. The third-order valence-electron chi connectivity index (χ3n) is 4.44. The van der Waals surface area contributed by atoms with Gasteiger partial charge in [-0.25, -0.2) is 4.98 Å². The number of aromatic nitrogens is 2. The van der Waals surface area contributed by atoms with E-state index < -0.39 is 5.41 Å². The summed E-state index contributed by atoms with van der Waals surface area (Å²) in [7, 11) is 1.41. The van der Waals surface area contributed by atoms with Crippen LogP contribution in [-0.4, -0.2) is 23.0 Å². The molecule has 4 nitrogen and oxygen atoms in total. The quantitative estimate of drug-likeness (QED) is 0.748. The maximum absolute atomic E-state index is 13.2. The van der Waals surface area contributed by atoms with Gasteiger partial charge in [0.1, 0.15) is 5.82 Å². The summed E-state index contributed by atoms with van der Waals surface area (Å²) in [6, 6.07) is 15.7. The summed E-state index contributed by atoms with van der Waals surface area (Å²) in [6.07, 6.45) is 3.38. The van der Waals surface area contributed by atoms with Crippen LogP contribution in [0.1, 0.15) is 28.1 Å². The Balaban J connectivity index is 2.46. The van der Waals surface area contributed by atoms with E-state index in [9.17, 15) is 4.79 Å². The summed E-state index contributed by atoms with van der Waals surface area (Å²) in [5.41, 5.74) is 2.60. The number of rotatable bonds is 4. The predicted octanol–water partition coefficient (Wildman–Crippen LogP) is 3.53. The highest BCUT2D eigenvalue weighted by Gasteiger charge is 2.49. The van der Waals surface area contributed by atoms with Gasteiger partial charge in [0.15, 0.2) is 5.41 Å². The second-order valence-electron chi connectivity index (χ2n) is 5.81. The van der Waals surface area contributed by atoms with Gasteiger partial charge < -0.3 is 9.72 Å². The van der Waals surface area contributed by atoms with E-state index in [0.29, 0.717) is 5.82 Å². The van der Waals surface area contributed by atoms with Crippen molar-refractivity contribution in [3.8, 4) is 0 Å². The fraction of sp³-hybridized carbons (Fsp3) is 0.200. The SMILES string of the molecule is COC(=O)C(c1ncc[nH]1)(c1ccccc1C)c1ccccc1C. The van der Waals surface area contributed by atoms with Crippen LogP contribution in [0, 0.1) is 13.8 Å². The van der Waals surface area contributed by atoms with Crippen LogP contribution in [0.5, 0.6) is 0 Å². The van der Waals surface area contributed by atoms with Gasteiger partial charge >= 0.3 is 5.97 Å². The Hall–Kier alpha value is -2.88. The number of carbonyl (C=O) groups excluding carboxylic acids is 1. The predicted molar refractivity (Wildman–Crippen MR) is 92.8 cm³/mol. The molecule has 0 fully saturated rings. The summed E-state index contributed by atoms with van der Waals surface area (Å²) in [6.45, 7) is 3.99. The van der Waals surface area contributed by atoms with Crippen molar-refractivity contribution in [3.05, 3.63) is 89.0 Å². The van der Waals surface area contributed by atoms with Crippen molar-refractivity contribution < 1.29 is 9.53 Å². The lowest BCUT2D eigenvalue weighted by atomic mass is 9.70. The average molecular weight is 320 g/mol. The van der Waals surface area contributed by atoms with Crippen LogP contribution in [0.3, 0.4) is 0 Å². The lowest BCUT2D eigenvalue weighted by Crippen LogP contribution is -2.41. The van der Waals surface area contributed by atoms with E-state index in [0.717, 1.165) is 22.3 Å². The van der Waals surface area contributed by atoms with E-state index in [-0.39, 0.29) is 5.97 Å². The van der Waals surface area contributed by atoms with Crippen molar-refractivity contribution in [2.45, 2.75) is 19.3 Å². The first-order valence-electron chi connectivity index (χ1n) is 7.83. The van der Waals surface area contributed by atoms with Crippen LogP contribution in [0.25, 0.3) is 0 Å². The highest BCUT2D eigenvalue weighted by Crippen LogP contribution is 2.41. The Labute approximate surface area is 141 Å². The molecule has 0 radical (unpaired) electrons. The van der Waals surface area contributed by atoms with E-state index >= 15 is 0 Å². The molecule has 0 bridgehead atoms. The zero-order valence-corrected chi connectivity index (χ0v) is 14.0. The number of nitrogens with one attached hydrogen (secondary N) is 1. The lowest BCUT2D eigenvalue weighted by molar-refractivity contribution is -0.144. The second-order valence-corrected chi connectivity index (χ2v) is 5.81. The van der Waals surface area contributed by atoms with Gasteiger partial charge in [0.25, 0.3) is 0 Å². The Morgan fingerprint density at radius 1 is 1.00 bits per heavy atom. The largest absolute Gasteiger partial charge is 0.468 e. The number of esters is 1. The number of carbonyl (C=O) groups is 1. The number of ether oxygens (including phenoxy) is 1. The monoisotopic (exact) mass is 320 g/mol. The van der Waals surface area contributed by atoms with Crippen molar-refractivity contribution in [3.63, 3.8) is 0 Å². The molecule has 0 saturated heterocycles. The zero-order chi connectivity index (χ0) is 17.2. The van der Waals surface area contributed by atoms with Crippen LogP contribution in [0.15, 0.2) is 60.9 Å². The molecule has 0 amide bonds. The van der Waals surface area contributed by atoms with Crippen LogP contribution in [-0.2, 0) is 14.9 Å². The standard InChI is InChI=1S/C20H20N2O2/c1-14-8-4-6-10-16(14)20(19(23)24-3,18-21-12-13-22-18)17-11-7-5-9-15(17)2/h4-13H,1-3H3,(H,21,22). The number of methoxy groups -OCH3 is 1. The molecule has 122 valence electrons. The molecule has 1 aromatic heterocycles. The number of H-pyrrole nitrogens is 1. The maximum Gasteiger partial charge on any atom is 0.328 e. The van der Waals surface area contributed by atoms with E-state index in [4.69, 9.17) is 4.74 Å². The fourth-order valence-electron chi connectivity index (χ4n) is 3.33. The third-order valence-corrected chi connectivity index (χ3v) is 4.44. The minimum Gasteiger partial charge on any atom is -0.468 e. The fourth-order valence-corrected chi connectivity index (χ4v) is 3.33. The number of hydrogen-bond donors (Lipinski definition) is 1. The van der Waals surface area contributed by atoms with Crippen molar-refractivity contribution in [2.24, 2.45) is 0 Å². The van der Waals surface area contributed by atoms with E-state index in [1.165, 1.54) is 7.11 Å². The van der Waals surface area contributed by atoms with E-state index in [2.05, 4.69) is 9.97 Å². The minimum atomic E-state index is -1.13. The van der Waals surface area contributed by atoms with Crippen molar-refractivity contribution >= 4 is 5.97 Å². The van der Waals surface area contributed by atoms with Gasteiger partial charge in [0, 0.05) is 12.4 Å². The smallest absolute Gasteiger partial charge is 0.328 e. The summed E-state index contributed by atoms with van der Waals surface area (Å²) < 4.78 is 5.26. The summed E-state index contributed by atoms with van der Waals surface area (Å²) in [5.74, 6) is 0.194. The van der Waals surface area contributed by atoms with Gasteiger partial charge in [-0.1, -0.05) is 48.5 Å². The molecule has 0 saturated carbocycles. The topological polar surface area (TPSA) is 55.0 Å². The number of benzene rings is 2. The van der Waals surface area contributed by atoms with Crippen LogP contribution < -0.4 is 0 Å².